The van der Waals surface area contributed by atoms with Crippen molar-refractivity contribution < 1.29 is 37.1 Å². The van der Waals surface area contributed by atoms with E-state index in [1.54, 1.807) is 0 Å². The van der Waals surface area contributed by atoms with Gasteiger partial charge < -0.3 is 10.1 Å². The molecular formula is C20H14ClF3N2O5. The second-order valence-corrected chi connectivity index (χ2v) is 6.89. The van der Waals surface area contributed by atoms with E-state index in [-0.39, 0.29) is 35.9 Å². The van der Waals surface area contributed by atoms with Gasteiger partial charge in [0.1, 0.15) is 0 Å². The number of carbonyl (C=O) groups excluding carboxylic acids is 4. The molecule has 2 aromatic rings. The zero-order valence-electron chi connectivity index (χ0n) is 15.7. The van der Waals surface area contributed by atoms with Gasteiger partial charge in [0.05, 0.1) is 21.8 Å². The number of halogens is 4. The number of hydrogen-bond acceptors (Lipinski definition) is 5. The molecule has 1 fully saturated rings. The lowest BCUT2D eigenvalue weighted by atomic mass is 10.2. The highest BCUT2D eigenvalue weighted by Gasteiger charge is 2.33. The molecule has 1 N–H and O–H groups in total. The summed E-state index contributed by atoms with van der Waals surface area (Å²) in [7, 11) is 0. The number of esters is 1. The summed E-state index contributed by atoms with van der Waals surface area (Å²) in [5, 5.41) is 1.67. The smallest absolute Gasteiger partial charge is 0.417 e. The third-order valence-corrected chi connectivity index (χ3v) is 4.63. The molecule has 3 rings (SSSR count). The van der Waals surface area contributed by atoms with Crippen molar-refractivity contribution in [1.82, 2.24) is 0 Å². The fraction of sp³-hybridized carbons (Fsp3) is 0.200. The van der Waals surface area contributed by atoms with Crippen LogP contribution in [0.4, 0.5) is 24.5 Å². The largest absolute Gasteiger partial charge is 0.452 e. The van der Waals surface area contributed by atoms with Crippen LogP contribution in [0, 0.1) is 0 Å². The summed E-state index contributed by atoms with van der Waals surface area (Å²) in [5.41, 5.74) is -0.910. The van der Waals surface area contributed by atoms with Crippen molar-refractivity contribution in [2.24, 2.45) is 0 Å². The lowest BCUT2D eigenvalue weighted by molar-refractivity contribution is -0.137. The number of alkyl halides is 3. The van der Waals surface area contributed by atoms with Gasteiger partial charge in [-0.15, -0.1) is 0 Å². The maximum atomic E-state index is 12.9. The van der Waals surface area contributed by atoms with Crippen molar-refractivity contribution in [3.05, 3.63) is 58.6 Å². The number of carbonyl (C=O) groups is 4. The Kier molecular flexibility index (Phi) is 6.30. The number of anilines is 2. The van der Waals surface area contributed by atoms with Gasteiger partial charge >= 0.3 is 12.1 Å². The van der Waals surface area contributed by atoms with Crippen LogP contribution in [0.5, 0.6) is 0 Å². The SMILES string of the molecule is O=C(COC(=O)c1ccc(N2C(=O)CCC2=O)cc1)Nc1ccc(Cl)c(C(F)(F)F)c1. The van der Waals surface area contributed by atoms with E-state index in [0.717, 1.165) is 11.0 Å². The first-order valence-corrected chi connectivity index (χ1v) is 9.23. The van der Waals surface area contributed by atoms with Gasteiger partial charge in [0.2, 0.25) is 11.8 Å². The molecule has 31 heavy (non-hydrogen) atoms. The van der Waals surface area contributed by atoms with Crippen molar-refractivity contribution in [3.8, 4) is 0 Å². The van der Waals surface area contributed by atoms with Crippen LogP contribution in [-0.2, 0) is 25.3 Å². The van der Waals surface area contributed by atoms with Crippen molar-refractivity contribution >= 4 is 46.7 Å². The lowest BCUT2D eigenvalue weighted by Crippen LogP contribution is -2.28. The Bertz CT molecular complexity index is 1040. The molecule has 162 valence electrons. The Hall–Kier alpha value is -3.40. The van der Waals surface area contributed by atoms with E-state index < -0.39 is 35.2 Å². The first-order chi connectivity index (χ1) is 14.6. The maximum absolute atomic E-state index is 12.9. The second-order valence-electron chi connectivity index (χ2n) is 6.49. The quantitative estimate of drug-likeness (QED) is 0.548. The van der Waals surface area contributed by atoms with E-state index in [9.17, 15) is 32.3 Å². The Morgan fingerprint density at radius 3 is 2.23 bits per heavy atom. The molecule has 0 radical (unpaired) electrons. The molecule has 0 saturated carbocycles. The highest BCUT2D eigenvalue weighted by Crippen LogP contribution is 2.36. The molecule has 1 aliphatic rings. The summed E-state index contributed by atoms with van der Waals surface area (Å²) in [6, 6.07) is 8.27. The van der Waals surface area contributed by atoms with Crippen LogP contribution >= 0.6 is 11.6 Å². The fourth-order valence-corrected chi connectivity index (χ4v) is 3.07. The summed E-state index contributed by atoms with van der Waals surface area (Å²) < 4.78 is 43.5. The number of hydrogen-bond donors (Lipinski definition) is 1. The molecule has 7 nitrogen and oxygen atoms in total. The molecule has 1 heterocycles. The number of ether oxygens (including phenoxy) is 1. The van der Waals surface area contributed by atoms with E-state index in [4.69, 9.17) is 16.3 Å². The van der Waals surface area contributed by atoms with Crippen LogP contribution in [0.1, 0.15) is 28.8 Å². The Balaban J connectivity index is 1.58. The molecule has 0 spiro atoms. The number of imide groups is 1. The van der Waals surface area contributed by atoms with Crippen molar-refractivity contribution in [2.75, 3.05) is 16.8 Å². The number of amides is 3. The molecular weight excluding hydrogens is 441 g/mol. The number of rotatable bonds is 5. The van der Waals surface area contributed by atoms with Crippen molar-refractivity contribution in [1.29, 1.82) is 0 Å². The minimum atomic E-state index is -4.69. The Morgan fingerprint density at radius 1 is 1.03 bits per heavy atom. The Morgan fingerprint density at radius 2 is 1.65 bits per heavy atom. The van der Waals surface area contributed by atoms with E-state index in [0.29, 0.717) is 11.8 Å². The molecule has 2 aromatic carbocycles. The van der Waals surface area contributed by atoms with Gasteiger partial charge in [0, 0.05) is 18.5 Å². The molecule has 1 aliphatic heterocycles. The summed E-state index contributed by atoms with van der Waals surface area (Å²) in [4.78, 5) is 48.5. The van der Waals surface area contributed by atoms with E-state index in [1.165, 1.54) is 30.3 Å². The number of nitrogens with one attached hydrogen (secondary N) is 1. The monoisotopic (exact) mass is 454 g/mol. The molecule has 11 heteroatoms. The molecule has 0 unspecified atom stereocenters. The third kappa shape index (κ3) is 5.21. The van der Waals surface area contributed by atoms with Crippen LogP contribution in [0.25, 0.3) is 0 Å². The van der Waals surface area contributed by atoms with E-state index in [1.807, 2.05) is 0 Å². The highest BCUT2D eigenvalue weighted by atomic mass is 35.5. The fourth-order valence-electron chi connectivity index (χ4n) is 2.84. The van der Waals surface area contributed by atoms with Gasteiger partial charge in [-0.1, -0.05) is 11.6 Å². The van der Waals surface area contributed by atoms with Gasteiger partial charge in [-0.05, 0) is 42.5 Å². The summed E-state index contributed by atoms with van der Waals surface area (Å²) >= 11 is 5.51. The molecule has 0 aliphatic carbocycles. The van der Waals surface area contributed by atoms with Crippen LogP contribution in [-0.4, -0.2) is 30.3 Å². The lowest BCUT2D eigenvalue weighted by Gasteiger charge is -2.14. The normalized spacial score (nSPS) is 14.0. The first-order valence-electron chi connectivity index (χ1n) is 8.86. The summed E-state index contributed by atoms with van der Waals surface area (Å²) in [6.07, 6.45) is -4.45. The van der Waals surface area contributed by atoms with Gasteiger partial charge in [-0.3, -0.25) is 19.3 Å². The minimum absolute atomic E-state index is 0.0569. The summed E-state index contributed by atoms with van der Waals surface area (Å²) in [5.74, 6) is -2.40. The molecule has 0 aromatic heterocycles. The van der Waals surface area contributed by atoms with Crippen molar-refractivity contribution in [3.63, 3.8) is 0 Å². The first kappa shape index (κ1) is 22.3. The Labute approximate surface area is 178 Å². The zero-order valence-corrected chi connectivity index (χ0v) is 16.4. The standard InChI is InChI=1S/C20H14ClF3N2O5/c21-15-6-3-12(9-14(15)20(22,23)24)25-16(27)10-31-19(30)11-1-4-13(5-2-11)26-17(28)7-8-18(26)29/h1-6,9H,7-8,10H2,(H,25,27). The van der Waals surface area contributed by atoms with Crippen LogP contribution < -0.4 is 10.2 Å². The molecule has 0 bridgehead atoms. The van der Waals surface area contributed by atoms with E-state index >= 15 is 0 Å². The van der Waals surface area contributed by atoms with Crippen molar-refractivity contribution in [2.45, 2.75) is 19.0 Å². The third-order valence-electron chi connectivity index (χ3n) is 4.30. The number of benzene rings is 2. The van der Waals surface area contributed by atoms with Crippen LogP contribution in [0.2, 0.25) is 5.02 Å². The maximum Gasteiger partial charge on any atom is 0.417 e. The summed E-state index contributed by atoms with van der Waals surface area (Å²) in [6.45, 7) is -0.742. The van der Waals surface area contributed by atoms with Gasteiger partial charge in [-0.2, -0.15) is 13.2 Å². The minimum Gasteiger partial charge on any atom is -0.452 e. The topological polar surface area (TPSA) is 92.8 Å². The van der Waals surface area contributed by atoms with Gasteiger partial charge in [0.25, 0.3) is 5.91 Å². The predicted molar refractivity (Wildman–Crippen MR) is 104 cm³/mol. The van der Waals surface area contributed by atoms with Crippen LogP contribution in [0.3, 0.4) is 0 Å². The zero-order chi connectivity index (χ0) is 22.8. The average Bonchev–Trinajstić information content (AvgIpc) is 3.05. The molecule has 0 atom stereocenters. The van der Waals surface area contributed by atoms with Crippen LogP contribution in [0.15, 0.2) is 42.5 Å². The van der Waals surface area contributed by atoms with Gasteiger partial charge in [-0.25, -0.2) is 4.79 Å². The van der Waals surface area contributed by atoms with Gasteiger partial charge in [0.15, 0.2) is 6.61 Å². The number of nitrogens with zero attached hydrogens (tertiary/aromatic N) is 1. The predicted octanol–water partition coefficient (Wildman–Crippen LogP) is 3.81. The second kappa shape index (κ2) is 8.76. The average molecular weight is 455 g/mol. The molecule has 3 amide bonds. The van der Waals surface area contributed by atoms with E-state index in [2.05, 4.69) is 5.32 Å². The molecule has 1 saturated heterocycles. The highest BCUT2D eigenvalue weighted by molar-refractivity contribution is 6.31.